The number of fused-ring (bicyclic) bond motifs is 1. The summed E-state index contributed by atoms with van der Waals surface area (Å²) in [4.78, 5) is 35.0. The van der Waals surface area contributed by atoms with E-state index in [4.69, 9.17) is 9.47 Å². The third-order valence-electron chi connectivity index (χ3n) is 7.64. The van der Waals surface area contributed by atoms with Gasteiger partial charge in [-0.15, -0.1) is 11.3 Å². The van der Waals surface area contributed by atoms with Crippen LogP contribution in [0.2, 0.25) is 0 Å². The van der Waals surface area contributed by atoms with Crippen LogP contribution in [0.4, 0.5) is 5.69 Å². The van der Waals surface area contributed by atoms with Crippen molar-refractivity contribution in [2.45, 2.75) is 64.6 Å². The number of methoxy groups -OCH3 is 1. The summed E-state index contributed by atoms with van der Waals surface area (Å²) >= 11 is 1.65. The molecule has 8 nitrogen and oxygen atoms in total. The molecule has 4 rings (SSSR count). The molecular formula is C28H40N4O4S. The summed E-state index contributed by atoms with van der Waals surface area (Å²) < 4.78 is 12.1. The number of nitrogens with zero attached hydrogens (tertiary/aromatic N) is 3. The van der Waals surface area contributed by atoms with Crippen molar-refractivity contribution in [2.24, 2.45) is 11.8 Å². The van der Waals surface area contributed by atoms with E-state index in [0.717, 1.165) is 43.8 Å². The van der Waals surface area contributed by atoms with E-state index < -0.39 is 0 Å². The van der Waals surface area contributed by atoms with Gasteiger partial charge in [0.2, 0.25) is 5.91 Å². The average Bonchev–Trinajstić information content (AvgIpc) is 3.42. The molecular weight excluding hydrogens is 488 g/mol. The second-order valence-corrected chi connectivity index (χ2v) is 11.5. The van der Waals surface area contributed by atoms with Gasteiger partial charge in [0, 0.05) is 56.5 Å². The van der Waals surface area contributed by atoms with Crippen molar-refractivity contribution < 1.29 is 19.1 Å². The van der Waals surface area contributed by atoms with Crippen LogP contribution in [0.3, 0.4) is 0 Å². The molecule has 1 saturated carbocycles. The van der Waals surface area contributed by atoms with Gasteiger partial charge in [0.25, 0.3) is 5.91 Å². The molecule has 1 aliphatic carbocycles. The van der Waals surface area contributed by atoms with Crippen LogP contribution in [-0.2, 0) is 16.1 Å². The van der Waals surface area contributed by atoms with Crippen molar-refractivity contribution in [3.63, 3.8) is 0 Å². The lowest BCUT2D eigenvalue weighted by molar-refractivity contribution is -0.120. The molecule has 9 heteroatoms. The maximum atomic E-state index is 13.6. The number of ether oxygens (including phenoxy) is 2. The SMILES string of the molecule is CO[C@H]1CN(C)C(=O)c2cc(NC(=O)C3CCCCC3)ccc2OC[C@H](C)N(Cc2nccs2)C[C@H]1C. The minimum Gasteiger partial charge on any atom is -0.491 e. The number of likely N-dealkylation sites (N-methyl/N-ethyl adjacent to an activating group) is 1. The third kappa shape index (κ3) is 7.09. The van der Waals surface area contributed by atoms with Crippen molar-refractivity contribution in [3.05, 3.63) is 40.3 Å². The van der Waals surface area contributed by atoms with E-state index in [0.29, 0.717) is 30.2 Å². The van der Waals surface area contributed by atoms with Crippen molar-refractivity contribution >= 4 is 28.8 Å². The minimum absolute atomic E-state index is 0.0363. The number of aromatic nitrogens is 1. The molecule has 1 aromatic carbocycles. The highest BCUT2D eigenvalue weighted by Gasteiger charge is 2.29. The monoisotopic (exact) mass is 528 g/mol. The first-order chi connectivity index (χ1) is 17.9. The number of rotatable bonds is 5. The Kier molecular flexibility index (Phi) is 9.56. The van der Waals surface area contributed by atoms with E-state index in [-0.39, 0.29) is 35.8 Å². The molecule has 1 aromatic heterocycles. The summed E-state index contributed by atoms with van der Waals surface area (Å²) in [5, 5.41) is 6.10. The Labute approximate surface area is 224 Å². The fourth-order valence-corrected chi connectivity index (χ4v) is 5.90. The fraction of sp³-hybridized carbons (Fsp3) is 0.607. The number of carbonyl (C=O) groups is 2. The number of hydrogen-bond donors (Lipinski definition) is 1. The molecule has 1 fully saturated rings. The predicted octanol–water partition coefficient (Wildman–Crippen LogP) is 4.67. The Morgan fingerprint density at radius 3 is 2.70 bits per heavy atom. The zero-order valence-electron chi connectivity index (χ0n) is 22.4. The first-order valence-electron chi connectivity index (χ1n) is 13.3. The molecule has 37 heavy (non-hydrogen) atoms. The summed E-state index contributed by atoms with van der Waals surface area (Å²) in [5.41, 5.74) is 1.08. The van der Waals surface area contributed by atoms with E-state index in [1.165, 1.54) is 6.42 Å². The van der Waals surface area contributed by atoms with Gasteiger partial charge < -0.3 is 19.7 Å². The third-order valence-corrected chi connectivity index (χ3v) is 8.40. The molecule has 2 aromatic rings. The van der Waals surface area contributed by atoms with Gasteiger partial charge in [-0.2, -0.15) is 0 Å². The lowest BCUT2D eigenvalue weighted by atomic mass is 9.88. The van der Waals surface area contributed by atoms with Crippen molar-refractivity contribution in [2.75, 3.05) is 39.2 Å². The molecule has 1 aliphatic heterocycles. The van der Waals surface area contributed by atoms with Gasteiger partial charge in [0.1, 0.15) is 17.4 Å². The van der Waals surface area contributed by atoms with Gasteiger partial charge in [0.05, 0.1) is 18.2 Å². The summed E-state index contributed by atoms with van der Waals surface area (Å²) in [5.74, 6) is 0.636. The second kappa shape index (κ2) is 12.8. The van der Waals surface area contributed by atoms with Crippen LogP contribution in [0.5, 0.6) is 5.75 Å². The van der Waals surface area contributed by atoms with Crippen LogP contribution in [-0.4, -0.2) is 72.6 Å². The topological polar surface area (TPSA) is 84.0 Å². The van der Waals surface area contributed by atoms with Gasteiger partial charge in [-0.25, -0.2) is 4.98 Å². The maximum Gasteiger partial charge on any atom is 0.257 e. The van der Waals surface area contributed by atoms with Crippen LogP contribution < -0.4 is 10.1 Å². The number of benzene rings is 1. The van der Waals surface area contributed by atoms with Gasteiger partial charge in [-0.3, -0.25) is 14.5 Å². The van der Waals surface area contributed by atoms with Crippen molar-refractivity contribution in [1.82, 2.24) is 14.8 Å². The van der Waals surface area contributed by atoms with Gasteiger partial charge in [0.15, 0.2) is 0 Å². The second-order valence-electron chi connectivity index (χ2n) is 10.5. The Balaban J connectivity index is 1.59. The number of amides is 2. The highest BCUT2D eigenvalue weighted by atomic mass is 32.1. The summed E-state index contributed by atoms with van der Waals surface area (Å²) in [7, 11) is 3.50. The van der Waals surface area contributed by atoms with E-state index in [9.17, 15) is 9.59 Å². The Morgan fingerprint density at radius 2 is 2.00 bits per heavy atom. The molecule has 2 heterocycles. The minimum atomic E-state index is -0.147. The summed E-state index contributed by atoms with van der Waals surface area (Å²) in [6, 6.07) is 5.48. The van der Waals surface area contributed by atoms with Gasteiger partial charge >= 0.3 is 0 Å². The zero-order chi connectivity index (χ0) is 26.4. The zero-order valence-corrected chi connectivity index (χ0v) is 23.3. The van der Waals surface area contributed by atoms with Crippen LogP contribution >= 0.6 is 11.3 Å². The summed E-state index contributed by atoms with van der Waals surface area (Å²) in [6.07, 6.45) is 6.94. The number of nitrogens with one attached hydrogen (secondary N) is 1. The van der Waals surface area contributed by atoms with Gasteiger partial charge in [-0.1, -0.05) is 26.2 Å². The molecule has 0 spiro atoms. The van der Waals surface area contributed by atoms with Crippen LogP contribution in [0.25, 0.3) is 0 Å². The van der Waals surface area contributed by atoms with Crippen LogP contribution in [0.1, 0.15) is 61.3 Å². The molecule has 0 saturated heterocycles. The van der Waals surface area contributed by atoms with E-state index in [1.807, 2.05) is 17.6 Å². The number of thiazole rings is 1. The molecule has 0 unspecified atom stereocenters. The number of anilines is 1. The molecule has 2 aliphatic rings. The predicted molar refractivity (Wildman–Crippen MR) is 146 cm³/mol. The van der Waals surface area contributed by atoms with E-state index in [2.05, 4.69) is 29.0 Å². The first kappa shape index (κ1) is 27.5. The lowest BCUT2D eigenvalue weighted by Gasteiger charge is -2.35. The molecule has 0 bridgehead atoms. The highest BCUT2D eigenvalue weighted by Crippen LogP contribution is 2.29. The standard InChI is InChI=1S/C28H40N4O4S/c1-19-15-32(17-26-29-12-13-37-26)20(2)18-36-24-11-10-22(30-27(33)21-8-6-5-7-9-21)14-23(24)28(34)31(3)16-25(19)35-4/h10-14,19-21,25H,5-9,15-18H2,1-4H3,(H,30,33)/t19-,20+,25+/m1/s1. The normalized spacial score (nSPS) is 24.5. The number of carbonyl (C=O) groups excluding carboxylic acids is 2. The Morgan fingerprint density at radius 1 is 1.22 bits per heavy atom. The quantitative estimate of drug-likeness (QED) is 0.607. The molecule has 2 amide bonds. The van der Waals surface area contributed by atoms with E-state index in [1.54, 1.807) is 42.5 Å². The molecule has 0 radical (unpaired) electrons. The summed E-state index contributed by atoms with van der Waals surface area (Å²) in [6.45, 7) is 6.70. The first-order valence-corrected chi connectivity index (χ1v) is 14.2. The maximum absolute atomic E-state index is 13.6. The molecule has 3 atom stereocenters. The van der Waals surface area contributed by atoms with Crippen molar-refractivity contribution in [3.8, 4) is 5.75 Å². The Hall–Kier alpha value is -2.49. The van der Waals surface area contributed by atoms with E-state index >= 15 is 0 Å². The van der Waals surface area contributed by atoms with Crippen LogP contribution in [0.15, 0.2) is 29.8 Å². The smallest absolute Gasteiger partial charge is 0.257 e. The number of hydrogen-bond acceptors (Lipinski definition) is 7. The molecule has 202 valence electrons. The fourth-order valence-electron chi connectivity index (χ4n) is 5.26. The highest BCUT2D eigenvalue weighted by molar-refractivity contribution is 7.09. The molecule has 1 N–H and O–H groups in total. The van der Waals surface area contributed by atoms with Crippen LogP contribution in [0, 0.1) is 11.8 Å². The average molecular weight is 529 g/mol. The lowest BCUT2D eigenvalue weighted by Crippen LogP contribution is -2.46. The van der Waals surface area contributed by atoms with Gasteiger partial charge in [-0.05, 0) is 43.9 Å². The van der Waals surface area contributed by atoms with Crippen molar-refractivity contribution in [1.29, 1.82) is 0 Å². The largest absolute Gasteiger partial charge is 0.491 e. The Bertz CT molecular complexity index is 1040.